The van der Waals surface area contributed by atoms with E-state index in [-0.39, 0.29) is 28.9 Å². The van der Waals surface area contributed by atoms with Crippen LogP contribution in [0.1, 0.15) is 79.3 Å². The molecule has 2 unspecified atom stereocenters. The summed E-state index contributed by atoms with van der Waals surface area (Å²) in [6.45, 7) is 8.23. The SMILES string of the molecule is Cc1ccc(-n2nc(C(C)(C)C)cc2NC(=O)Nc2cccc(CC3CC4CCC(C3)N4C(=O)c3cc4cnccc4nc3C(F)(F)F)c2)cc1. The largest absolute Gasteiger partial charge is 0.434 e. The van der Waals surface area contributed by atoms with Crippen LogP contribution in [0.25, 0.3) is 16.6 Å². The highest BCUT2D eigenvalue weighted by molar-refractivity contribution is 6.00. The maximum Gasteiger partial charge on any atom is 0.434 e. The minimum atomic E-state index is -4.77. The molecule has 0 radical (unpaired) electrons. The summed E-state index contributed by atoms with van der Waals surface area (Å²) in [6.07, 6.45) is 1.62. The van der Waals surface area contributed by atoms with Gasteiger partial charge in [-0.25, -0.2) is 14.5 Å². The molecule has 9 nitrogen and oxygen atoms in total. The Bertz CT molecular complexity index is 2090. The minimum Gasteiger partial charge on any atom is -0.333 e. The Morgan fingerprint density at radius 1 is 0.922 bits per heavy atom. The number of halogens is 3. The molecule has 7 rings (SSSR count). The second-order valence-electron chi connectivity index (χ2n) is 14.8. The van der Waals surface area contributed by atoms with Gasteiger partial charge in [-0.05, 0) is 86.9 Å². The lowest BCUT2D eigenvalue weighted by Crippen LogP contribution is -2.47. The fraction of sp³-hybridized carbons (Fsp3) is 0.359. The number of nitrogens with one attached hydrogen (secondary N) is 2. The second-order valence-corrected chi connectivity index (χ2v) is 14.8. The van der Waals surface area contributed by atoms with E-state index in [0.717, 1.165) is 41.8 Å². The number of benzene rings is 2. The zero-order valence-electron chi connectivity index (χ0n) is 29.0. The lowest BCUT2D eigenvalue weighted by atomic mass is 9.85. The van der Waals surface area contributed by atoms with E-state index in [0.29, 0.717) is 29.7 Å². The lowest BCUT2D eigenvalue weighted by molar-refractivity contribution is -0.141. The van der Waals surface area contributed by atoms with Crippen LogP contribution in [0.2, 0.25) is 0 Å². The molecule has 51 heavy (non-hydrogen) atoms. The number of carbonyl (C=O) groups is 2. The van der Waals surface area contributed by atoms with Gasteiger partial charge < -0.3 is 10.2 Å². The fourth-order valence-corrected chi connectivity index (χ4v) is 7.43. The van der Waals surface area contributed by atoms with Crippen molar-refractivity contribution < 1.29 is 22.8 Å². The summed E-state index contributed by atoms with van der Waals surface area (Å²) in [5.74, 6) is 0.158. The fourth-order valence-electron chi connectivity index (χ4n) is 7.43. The second kappa shape index (κ2) is 13.1. The first kappa shape index (κ1) is 34.2. The molecule has 0 spiro atoms. The number of hydrogen-bond acceptors (Lipinski definition) is 5. The van der Waals surface area contributed by atoms with Crippen molar-refractivity contribution in [2.24, 2.45) is 5.92 Å². The van der Waals surface area contributed by atoms with E-state index in [1.807, 2.05) is 61.5 Å². The molecule has 2 fully saturated rings. The number of urea groups is 1. The molecule has 3 amide bonds. The molecule has 5 aromatic rings. The number of piperidine rings is 1. The van der Waals surface area contributed by atoms with Crippen LogP contribution in [0.5, 0.6) is 0 Å². The summed E-state index contributed by atoms with van der Waals surface area (Å²) in [5, 5.41) is 11.1. The van der Waals surface area contributed by atoms with Crippen molar-refractivity contribution >= 4 is 34.3 Å². The van der Waals surface area contributed by atoms with Gasteiger partial charge in [0, 0.05) is 47.0 Å². The van der Waals surface area contributed by atoms with E-state index in [1.165, 1.54) is 24.5 Å². The van der Waals surface area contributed by atoms with E-state index in [9.17, 15) is 22.8 Å². The normalized spacial score (nSPS) is 19.0. The molecule has 2 atom stereocenters. The Morgan fingerprint density at radius 2 is 1.65 bits per heavy atom. The smallest absolute Gasteiger partial charge is 0.333 e. The van der Waals surface area contributed by atoms with Crippen LogP contribution in [0, 0.1) is 12.8 Å². The van der Waals surface area contributed by atoms with Gasteiger partial charge in [-0.3, -0.25) is 15.1 Å². The molecule has 0 saturated carbocycles. The van der Waals surface area contributed by atoms with E-state index < -0.39 is 29.4 Å². The highest BCUT2D eigenvalue weighted by atomic mass is 19.4. The van der Waals surface area contributed by atoms with Crippen LogP contribution >= 0.6 is 0 Å². The van der Waals surface area contributed by atoms with Gasteiger partial charge in [0.15, 0.2) is 5.69 Å². The molecular formula is C39H40F3N7O2. The Labute approximate surface area is 294 Å². The first-order valence-corrected chi connectivity index (χ1v) is 17.2. The molecule has 2 saturated heterocycles. The van der Waals surface area contributed by atoms with E-state index in [2.05, 4.69) is 41.4 Å². The first-order valence-electron chi connectivity index (χ1n) is 17.2. The Hall–Kier alpha value is -5.26. The first-order chi connectivity index (χ1) is 24.2. The van der Waals surface area contributed by atoms with Crippen molar-refractivity contribution in [3.05, 3.63) is 107 Å². The Kier molecular flexibility index (Phi) is 8.81. The van der Waals surface area contributed by atoms with E-state index in [1.54, 1.807) is 9.58 Å². The lowest BCUT2D eigenvalue weighted by Gasteiger charge is -2.39. The maximum atomic E-state index is 14.1. The van der Waals surface area contributed by atoms with Crippen LogP contribution in [0.15, 0.2) is 79.1 Å². The van der Waals surface area contributed by atoms with E-state index in [4.69, 9.17) is 5.10 Å². The number of nitrogens with zero attached hydrogens (tertiary/aromatic N) is 5. The van der Waals surface area contributed by atoms with Gasteiger partial charge >= 0.3 is 12.2 Å². The minimum absolute atomic E-state index is 0.147. The number of pyridine rings is 2. The molecule has 0 aliphatic carbocycles. The van der Waals surface area contributed by atoms with Gasteiger partial charge in [-0.1, -0.05) is 50.6 Å². The zero-order valence-corrected chi connectivity index (χ0v) is 29.0. The summed E-state index contributed by atoms with van der Waals surface area (Å²) in [4.78, 5) is 36.6. The number of aryl methyl sites for hydroxylation is 1. The number of hydrogen-bond donors (Lipinski definition) is 2. The Morgan fingerprint density at radius 3 is 2.33 bits per heavy atom. The molecule has 2 aliphatic heterocycles. The monoisotopic (exact) mass is 695 g/mol. The van der Waals surface area contributed by atoms with Gasteiger partial charge in [-0.15, -0.1) is 0 Å². The summed E-state index contributed by atoms with van der Waals surface area (Å²) in [6, 6.07) is 19.5. The van der Waals surface area contributed by atoms with Crippen LogP contribution < -0.4 is 10.6 Å². The third kappa shape index (κ3) is 7.17. The highest BCUT2D eigenvalue weighted by Gasteiger charge is 2.46. The molecule has 2 aromatic carbocycles. The Balaban J connectivity index is 1.03. The number of fused-ring (bicyclic) bond motifs is 3. The third-order valence-electron chi connectivity index (χ3n) is 9.89. The van der Waals surface area contributed by atoms with Crippen molar-refractivity contribution in [1.82, 2.24) is 24.6 Å². The molecule has 2 N–H and O–H groups in total. The molecule has 12 heteroatoms. The van der Waals surface area contributed by atoms with E-state index >= 15 is 0 Å². The zero-order chi connectivity index (χ0) is 36.1. The van der Waals surface area contributed by atoms with Gasteiger partial charge in [0.05, 0.1) is 22.5 Å². The van der Waals surface area contributed by atoms with Gasteiger partial charge in [0.1, 0.15) is 5.82 Å². The average molecular weight is 696 g/mol. The van der Waals surface area contributed by atoms with Crippen molar-refractivity contribution in [3.63, 3.8) is 0 Å². The van der Waals surface area contributed by atoms with Crippen molar-refractivity contribution in [1.29, 1.82) is 0 Å². The topological polar surface area (TPSA) is 105 Å². The summed E-state index contributed by atoms with van der Waals surface area (Å²) in [5.41, 5.74) is 2.80. The number of amides is 3. The van der Waals surface area contributed by atoms with Crippen molar-refractivity contribution in [3.8, 4) is 5.69 Å². The van der Waals surface area contributed by atoms with Crippen LogP contribution in [-0.2, 0) is 18.0 Å². The summed E-state index contributed by atoms with van der Waals surface area (Å²) < 4.78 is 44.0. The van der Waals surface area contributed by atoms with Gasteiger partial charge in [0.2, 0.25) is 0 Å². The summed E-state index contributed by atoms with van der Waals surface area (Å²) >= 11 is 0. The number of anilines is 2. The van der Waals surface area contributed by atoms with Gasteiger partial charge in [-0.2, -0.15) is 18.3 Å². The molecule has 2 bridgehead atoms. The molecule has 2 aliphatic rings. The number of aromatic nitrogens is 4. The van der Waals surface area contributed by atoms with Gasteiger partial charge in [0.25, 0.3) is 5.91 Å². The number of rotatable bonds is 6. The average Bonchev–Trinajstić information content (AvgIpc) is 3.62. The predicted molar refractivity (Wildman–Crippen MR) is 190 cm³/mol. The molecule has 5 heterocycles. The quantitative estimate of drug-likeness (QED) is 0.185. The number of alkyl halides is 3. The standard InChI is InChI=1S/C39H40F3N7O2/c1-23-8-10-28(11-9-23)49-34(21-33(47-49)38(2,3)4)46-37(51)44-27-7-5-6-24(17-27)16-25-18-29-12-13-30(19-25)48(29)36(50)31-20-26-22-43-15-14-32(26)45-35(31)39(40,41)42/h5-11,14-15,17,20-22,25,29-30H,12-13,16,18-19H2,1-4H3,(H2,44,46,51). The molecule has 264 valence electrons. The third-order valence-corrected chi connectivity index (χ3v) is 9.89. The van der Waals surface area contributed by atoms with Crippen LogP contribution in [-0.4, -0.2) is 48.7 Å². The van der Waals surface area contributed by atoms with Crippen LogP contribution in [0.3, 0.4) is 0 Å². The maximum absolute atomic E-state index is 14.1. The summed E-state index contributed by atoms with van der Waals surface area (Å²) in [7, 11) is 0. The number of carbonyl (C=O) groups excluding carboxylic acids is 2. The predicted octanol–water partition coefficient (Wildman–Crippen LogP) is 8.71. The highest BCUT2D eigenvalue weighted by Crippen LogP contribution is 2.42. The van der Waals surface area contributed by atoms with Crippen LogP contribution in [0.4, 0.5) is 29.5 Å². The molecule has 3 aromatic heterocycles. The van der Waals surface area contributed by atoms with Crippen molar-refractivity contribution in [2.45, 2.75) is 83.5 Å². The molecular weight excluding hydrogens is 655 g/mol. The van der Waals surface area contributed by atoms with Crippen molar-refractivity contribution in [2.75, 3.05) is 10.6 Å².